The van der Waals surface area contributed by atoms with Gasteiger partial charge in [-0.2, -0.15) is 11.8 Å². The maximum absolute atomic E-state index is 5.93. The monoisotopic (exact) mass is 373 g/mol. The van der Waals surface area contributed by atoms with Gasteiger partial charge in [-0.3, -0.25) is 0 Å². The van der Waals surface area contributed by atoms with Crippen molar-refractivity contribution in [1.82, 2.24) is 14.5 Å². The summed E-state index contributed by atoms with van der Waals surface area (Å²) in [7, 11) is 0. The molecule has 20 heavy (non-hydrogen) atoms. The van der Waals surface area contributed by atoms with Crippen molar-refractivity contribution in [2.75, 3.05) is 12.1 Å². The predicted octanol–water partition coefficient (Wildman–Crippen LogP) is 4.26. The van der Waals surface area contributed by atoms with Crippen LogP contribution in [0.2, 0.25) is 0 Å². The number of hydrogen-bond acceptors (Lipinski definition) is 3. The van der Waals surface area contributed by atoms with E-state index in [1.165, 1.54) is 19.3 Å². The molecule has 3 nitrogen and oxygen atoms in total. The van der Waals surface area contributed by atoms with Crippen molar-refractivity contribution < 1.29 is 0 Å². The highest BCUT2D eigenvalue weighted by molar-refractivity contribution is 9.10. The molecule has 0 amide bonds. The first-order chi connectivity index (χ1) is 9.67. The van der Waals surface area contributed by atoms with Crippen LogP contribution in [0.1, 0.15) is 25.1 Å². The Bertz CT molecular complexity index is 619. The number of aryl methyl sites for hydroxylation is 1. The summed E-state index contributed by atoms with van der Waals surface area (Å²) in [6, 6.07) is 2.03. The van der Waals surface area contributed by atoms with Crippen LogP contribution in [0.5, 0.6) is 0 Å². The molecule has 0 aromatic carbocycles. The summed E-state index contributed by atoms with van der Waals surface area (Å²) < 4.78 is 3.61. The number of fused-ring (bicyclic) bond motifs is 1. The minimum atomic E-state index is 0.365. The van der Waals surface area contributed by atoms with Gasteiger partial charge in [0.25, 0.3) is 0 Å². The van der Waals surface area contributed by atoms with Gasteiger partial charge in [0, 0.05) is 34.3 Å². The highest BCUT2D eigenvalue weighted by atomic mass is 79.9. The quantitative estimate of drug-likeness (QED) is 0.733. The SMILES string of the molecule is CSC1(Cn2c(CCCl)nc3cc(Br)cnc32)CCC1. The molecule has 0 bridgehead atoms. The van der Waals surface area contributed by atoms with Crippen LogP contribution in [-0.4, -0.2) is 31.4 Å². The zero-order chi connectivity index (χ0) is 14.2. The largest absolute Gasteiger partial charge is 0.311 e. The van der Waals surface area contributed by atoms with Crippen LogP contribution in [0, 0.1) is 0 Å². The van der Waals surface area contributed by atoms with E-state index in [2.05, 4.69) is 31.7 Å². The topological polar surface area (TPSA) is 30.7 Å². The molecule has 2 aromatic rings. The van der Waals surface area contributed by atoms with Crippen LogP contribution in [0.15, 0.2) is 16.7 Å². The van der Waals surface area contributed by atoms with E-state index in [0.717, 1.165) is 34.4 Å². The summed E-state index contributed by atoms with van der Waals surface area (Å²) >= 11 is 11.4. The third-order valence-electron chi connectivity index (χ3n) is 4.09. The van der Waals surface area contributed by atoms with Crippen LogP contribution < -0.4 is 0 Å². The van der Waals surface area contributed by atoms with Crippen LogP contribution in [0.25, 0.3) is 11.2 Å². The normalized spacial score (nSPS) is 17.4. The molecule has 0 spiro atoms. The molecule has 108 valence electrons. The van der Waals surface area contributed by atoms with Gasteiger partial charge in [0.05, 0.1) is 0 Å². The van der Waals surface area contributed by atoms with Gasteiger partial charge in [0.1, 0.15) is 11.3 Å². The fourth-order valence-corrected chi connectivity index (χ4v) is 4.20. The number of imidazole rings is 1. The minimum absolute atomic E-state index is 0.365. The smallest absolute Gasteiger partial charge is 0.160 e. The maximum Gasteiger partial charge on any atom is 0.160 e. The summed E-state index contributed by atoms with van der Waals surface area (Å²) in [5.41, 5.74) is 1.93. The second kappa shape index (κ2) is 5.85. The molecule has 3 rings (SSSR count). The molecule has 1 saturated carbocycles. The highest BCUT2D eigenvalue weighted by Gasteiger charge is 2.37. The molecule has 2 aromatic heterocycles. The first-order valence-corrected chi connectivity index (χ1v) is 9.34. The van der Waals surface area contributed by atoms with Gasteiger partial charge in [-0.05, 0) is 41.1 Å². The zero-order valence-corrected chi connectivity index (χ0v) is 14.6. The van der Waals surface area contributed by atoms with Crippen LogP contribution in [0.4, 0.5) is 0 Å². The average molecular weight is 375 g/mol. The lowest BCUT2D eigenvalue weighted by Gasteiger charge is -2.41. The Balaban J connectivity index is 2.04. The fraction of sp³-hybridized carbons (Fsp3) is 0.571. The number of hydrogen-bond donors (Lipinski definition) is 0. The maximum atomic E-state index is 5.93. The summed E-state index contributed by atoms with van der Waals surface area (Å²) in [6.45, 7) is 0.992. The number of aromatic nitrogens is 3. The molecule has 0 unspecified atom stereocenters. The van der Waals surface area contributed by atoms with Crippen LogP contribution in [-0.2, 0) is 13.0 Å². The van der Waals surface area contributed by atoms with E-state index >= 15 is 0 Å². The average Bonchev–Trinajstić information content (AvgIpc) is 2.71. The molecule has 2 heterocycles. The Morgan fingerprint density at radius 3 is 2.90 bits per heavy atom. The Morgan fingerprint density at radius 1 is 1.50 bits per heavy atom. The number of nitrogens with zero attached hydrogens (tertiary/aromatic N) is 3. The third-order valence-corrected chi connectivity index (χ3v) is 6.12. The molecular weight excluding hydrogens is 358 g/mol. The lowest BCUT2D eigenvalue weighted by Crippen LogP contribution is -2.38. The molecular formula is C14H17BrClN3S. The standard InChI is InChI=1S/C14H17BrClN3S/c1-20-14(4-2-5-14)9-19-12(3-6-16)18-11-7-10(15)8-17-13(11)19/h7-8H,2-6,9H2,1H3. The van der Waals surface area contributed by atoms with E-state index in [1.807, 2.05) is 24.0 Å². The van der Waals surface area contributed by atoms with Crippen molar-refractivity contribution in [1.29, 1.82) is 0 Å². The summed E-state index contributed by atoms with van der Waals surface area (Å²) in [5.74, 6) is 1.65. The van der Waals surface area contributed by atoms with Gasteiger partial charge >= 0.3 is 0 Å². The van der Waals surface area contributed by atoms with E-state index in [1.54, 1.807) is 0 Å². The Morgan fingerprint density at radius 2 is 2.30 bits per heavy atom. The second-order valence-electron chi connectivity index (χ2n) is 5.29. The molecule has 6 heteroatoms. The van der Waals surface area contributed by atoms with Crippen LogP contribution in [0.3, 0.4) is 0 Å². The van der Waals surface area contributed by atoms with Crippen molar-refractivity contribution in [2.24, 2.45) is 0 Å². The van der Waals surface area contributed by atoms with Crippen molar-refractivity contribution in [3.63, 3.8) is 0 Å². The summed E-state index contributed by atoms with van der Waals surface area (Å²) in [4.78, 5) is 9.28. The van der Waals surface area contributed by atoms with E-state index < -0.39 is 0 Å². The Kier molecular flexibility index (Phi) is 4.29. The van der Waals surface area contributed by atoms with Crippen molar-refractivity contribution in [2.45, 2.75) is 37.0 Å². The fourth-order valence-electron chi connectivity index (χ4n) is 2.76. The van der Waals surface area contributed by atoms with E-state index in [9.17, 15) is 0 Å². The number of halogens is 2. The lowest BCUT2D eigenvalue weighted by atomic mass is 9.84. The number of alkyl halides is 1. The predicted molar refractivity (Wildman–Crippen MR) is 89.7 cm³/mol. The highest BCUT2D eigenvalue weighted by Crippen LogP contribution is 2.44. The van der Waals surface area contributed by atoms with Gasteiger partial charge < -0.3 is 4.57 Å². The minimum Gasteiger partial charge on any atom is -0.311 e. The molecule has 0 aliphatic heterocycles. The molecule has 0 radical (unpaired) electrons. The second-order valence-corrected chi connectivity index (χ2v) is 7.86. The zero-order valence-electron chi connectivity index (χ0n) is 11.4. The van der Waals surface area contributed by atoms with Gasteiger partial charge in [-0.25, -0.2) is 9.97 Å². The van der Waals surface area contributed by atoms with Gasteiger partial charge in [-0.1, -0.05) is 6.42 Å². The van der Waals surface area contributed by atoms with Gasteiger partial charge in [-0.15, -0.1) is 11.6 Å². The van der Waals surface area contributed by atoms with Crippen molar-refractivity contribution >= 4 is 50.5 Å². The third kappa shape index (κ3) is 2.60. The van der Waals surface area contributed by atoms with Gasteiger partial charge in [0.2, 0.25) is 0 Å². The van der Waals surface area contributed by atoms with Crippen molar-refractivity contribution in [3.8, 4) is 0 Å². The first kappa shape index (κ1) is 14.7. The van der Waals surface area contributed by atoms with Crippen LogP contribution >= 0.6 is 39.3 Å². The van der Waals surface area contributed by atoms with E-state index in [4.69, 9.17) is 16.6 Å². The van der Waals surface area contributed by atoms with Crippen molar-refractivity contribution in [3.05, 3.63) is 22.6 Å². The molecule has 0 atom stereocenters. The Hall–Kier alpha value is -0.260. The molecule has 1 fully saturated rings. The van der Waals surface area contributed by atoms with E-state index in [-0.39, 0.29) is 0 Å². The lowest BCUT2D eigenvalue weighted by molar-refractivity contribution is 0.321. The summed E-state index contributed by atoms with van der Waals surface area (Å²) in [6.07, 6.45) is 8.74. The van der Waals surface area contributed by atoms with E-state index in [0.29, 0.717) is 10.6 Å². The molecule has 1 aliphatic rings. The first-order valence-electron chi connectivity index (χ1n) is 6.79. The molecule has 0 N–H and O–H groups in total. The molecule has 1 aliphatic carbocycles. The Labute approximate surface area is 136 Å². The number of pyridine rings is 1. The summed E-state index contributed by atoms with van der Waals surface area (Å²) in [5, 5.41) is 0. The molecule has 0 saturated heterocycles. The van der Waals surface area contributed by atoms with Gasteiger partial charge in [0.15, 0.2) is 5.65 Å². The number of rotatable bonds is 5. The number of thioether (sulfide) groups is 1.